The van der Waals surface area contributed by atoms with Crippen molar-refractivity contribution in [2.45, 2.75) is 45.8 Å². The van der Waals surface area contributed by atoms with E-state index < -0.39 is 0 Å². The zero-order valence-electron chi connectivity index (χ0n) is 10.8. The standard InChI is InChI=1S/C13H18N4O/c1-9-3-5-12(18-9)7-14-11-4-6-13-15-10(2)16-17(13)8-11/h3,5,11,14H,4,6-8H2,1-2H3/t11-/m1/s1. The molecule has 0 radical (unpaired) electrons. The van der Waals surface area contributed by atoms with Crippen molar-refractivity contribution in [1.82, 2.24) is 20.1 Å². The summed E-state index contributed by atoms with van der Waals surface area (Å²) in [5.74, 6) is 3.93. The molecular formula is C13H18N4O. The van der Waals surface area contributed by atoms with Gasteiger partial charge in [0.05, 0.1) is 13.1 Å². The van der Waals surface area contributed by atoms with Gasteiger partial charge in [-0.25, -0.2) is 9.67 Å². The van der Waals surface area contributed by atoms with Gasteiger partial charge in [-0.2, -0.15) is 5.10 Å². The third-order valence-electron chi connectivity index (χ3n) is 3.32. The van der Waals surface area contributed by atoms with Crippen LogP contribution in [-0.4, -0.2) is 20.8 Å². The summed E-state index contributed by atoms with van der Waals surface area (Å²) in [4.78, 5) is 4.41. The smallest absolute Gasteiger partial charge is 0.147 e. The molecule has 0 saturated carbocycles. The summed E-state index contributed by atoms with van der Waals surface area (Å²) in [5.41, 5.74) is 0. The first-order valence-electron chi connectivity index (χ1n) is 6.40. The van der Waals surface area contributed by atoms with Gasteiger partial charge in [0.2, 0.25) is 0 Å². The van der Waals surface area contributed by atoms with Crippen molar-refractivity contribution in [3.05, 3.63) is 35.3 Å². The second-order valence-corrected chi connectivity index (χ2v) is 4.89. The number of nitrogens with one attached hydrogen (secondary N) is 1. The highest BCUT2D eigenvalue weighted by atomic mass is 16.3. The lowest BCUT2D eigenvalue weighted by molar-refractivity contribution is 0.342. The molecule has 0 unspecified atom stereocenters. The van der Waals surface area contributed by atoms with Crippen LogP contribution in [0.1, 0.15) is 29.6 Å². The van der Waals surface area contributed by atoms with Gasteiger partial charge in [-0.3, -0.25) is 0 Å². The van der Waals surface area contributed by atoms with Gasteiger partial charge in [-0.05, 0) is 32.4 Å². The van der Waals surface area contributed by atoms with Crippen LogP contribution in [0.15, 0.2) is 16.5 Å². The summed E-state index contributed by atoms with van der Waals surface area (Å²) >= 11 is 0. The number of aromatic nitrogens is 3. The lowest BCUT2D eigenvalue weighted by Gasteiger charge is -2.23. The highest BCUT2D eigenvalue weighted by Crippen LogP contribution is 2.14. The Morgan fingerprint density at radius 1 is 1.44 bits per heavy atom. The lowest BCUT2D eigenvalue weighted by atomic mass is 10.1. The molecule has 0 spiro atoms. The van der Waals surface area contributed by atoms with Crippen molar-refractivity contribution < 1.29 is 4.42 Å². The topological polar surface area (TPSA) is 55.9 Å². The number of hydrogen-bond donors (Lipinski definition) is 1. The highest BCUT2D eigenvalue weighted by Gasteiger charge is 2.20. The number of fused-ring (bicyclic) bond motifs is 1. The number of hydrogen-bond acceptors (Lipinski definition) is 4. The molecule has 0 aromatic carbocycles. The van der Waals surface area contributed by atoms with E-state index in [1.807, 2.05) is 30.7 Å². The fraction of sp³-hybridized carbons (Fsp3) is 0.538. The zero-order valence-corrected chi connectivity index (χ0v) is 10.8. The van der Waals surface area contributed by atoms with Gasteiger partial charge in [0.15, 0.2) is 0 Å². The quantitative estimate of drug-likeness (QED) is 0.893. The maximum atomic E-state index is 5.55. The van der Waals surface area contributed by atoms with Crippen LogP contribution in [0.5, 0.6) is 0 Å². The van der Waals surface area contributed by atoms with Crippen molar-refractivity contribution >= 4 is 0 Å². The van der Waals surface area contributed by atoms with E-state index in [-0.39, 0.29) is 0 Å². The van der Waals surface area contributed by atoms with E-state index >= 15 is 0 Å². The largest absolute Gasteiger partial charge is 0.465 e. The Hall–Kier alpha value is -1.62. The van der Waals surface area contributed by atoms with Crippen LogP contribution in [0, 0.1) is 13.8 Å². The molecule has 1 atom stereocenters. The molecule has 2 aromatic heterocycles. The lowest BCUT2D eigenvalue weighted by Crippen LogP contribution is -2.37. The molecule has 18 heavy (non-hydrogen) atoms. The monoisotopic (exact) mass is 246 g/mol. The van der Waals surface area contributed by atoms with Gasteiger partial charge in [-0.1, -0.05) is 0 Å². The normalized spacial score (nSPS) is 18.9. The molecular weight excluding hydrogens is 228 g/mol. The average Bonchev–Trinajstić information content (AvgIpc) is 2.90. The molecule has 0 aliphatic carbocycles. The van der Waals surface area contributed by atoms with Crippen LogP contribution in [0.3, 0.4) is 0 Å². The van der Waals surface area contributed by atoms with Crippen LogP contribution in [0.2, 0.25) is 0 Å². The van der Waals surface area contributed by atoms with Gasteiger partial charge in [0.1, 0.15) is 23.2 Å². The summed E-state index contributed by atoms with van der Waals surface area (Å²) in [6, 6.07) is 4.47. The van der Waals surface area contributed by atoms with Crippen LogP contribution in [0.25, 0.3) is 0 Å². The second kappa shape index (κ2) is 4.57. The Bertz CT molecular complexity index is 543. The van der Waals surface area contributed by atoms with E-state index in [9.17, 15) is 0 Å². The molecule has 1 aliphatic heterocycles. The molecule has 0 fully saturated rings. The summed E-state index contributed by atoms with van der Waals surface area (Å²) in [6.45, 7) is 5.59. The first-order valence-corrected chi connectivity index (χ1v) is 6.40. The maximum absolute atomic E-state index is 5.55. The summed E-state index contributed by atoms with van der Waals surface area (Å²) in [6.07, 6.45) is 2.10. The minimum atomic E-state index is 0.448. The fourth-order valence-electron chi connectivity index (χ4n) is 2.43. The van der Waals surface area contributed by atoms with Crippen molar-refractivity contribution in [2.75, 3.05) is 0 Å². The van der Waals surface area contributed by atoms with Crippen LogP contribution >= 0.6 is 0 Å². The molecule has 5 heteroatoms. The molecule has 2 aromatic rings. The van der Waals surface area contributed by atoms with Gasteiger partial charge < -0.3 is 9.73 Å². The van der Waals surface area contributed by atoms with Gasteiger partial charge in [0, 0.05) is 12.5 Å². The predicted octanol–water partition coefficient (Wildman–Crippen LogP) is 1.59. The minimum absolute atomic E-state index is 0.448. The Balaban J connectivity index is 1.59. The molecule has 5 nitrogen and oxygen atoms in total. The summed E-state index contributed by atoms with van der Waals surface area (Å²) < 4.78 is 7.57. The Morgan fingerprint density at radius 2 is 2.33 bits per heavy atom. The number of furan rings is 1. The van der Waals surface area contributed by atoms with Gasteiger partial charge >= 0.3 is 0 Å². The first-order chi connectivity index (χ1) is 8.70. The number of nitrogens with zero attached hydrogens (tertiary/aromatic N) is 3. The van der Waals surface area contributed by atoms with Gasteiger partial charge in [0.25, 0.3) is 0 Å². The van der Waals surface area contributed by atoms with Crippen LogP contribution < -0.4 is 5.32 Å². The van der Waals surface area contributed by atoms with E-state index in [0.29, 0.717) is 6.04 Å². The van der Waals surface area contributed by atoms with E-state index in [1.54, 1.807) is 0 Å². The average molecular weight is 246 g/mol. The molecule has 0 bridgehead atoms. The minimum Gasteiger partial charge on any atom is -0.465 e. The Labute approximate surface area is 106 Å². The predicted molar refractivity (Wildman–Crippen MR) is 67.2 cm³/mol. The molecule has 1 aliphatic rings. The van der Waals surface area contributed by atoms with E-state index in [0.717, 1.165) is 49.1 Å². The maximum Gasteiger partial charge on any atom is 0.147 e. The molecule has 3 heterocycles. The Kier molecular flexibility index (Phi) is 2.91. The van der Waals surface area contributed by atoms with Crippen molar-refractivity contribution in [2.24, 2.45) is 0 Å². The van der Waals surface area contributed by atoms with E-state index in [2.05, 4.69) is 15.4 Å². The molecule has 3 rings (SSSR count). The van der Waals surface area contributed by atoms with Crippen molar-refractivity contribution in [3.8, 4) is 0 Å². The summed E-state index contributed by atoms with van der Waals surface area (Å²) in [7, 11) is 0. The third-order valence-corrected chi connectivity index (χ3v) is 3.32. The van der Waals surface area contributed by atoms with Crippen LogP contribution in [0.4, 0.5) is 0 Å². The summed E-state index contributed by atoms with van der Waals surface area (Å²) in [5, 5.41) is 7.92. The van der Waals surface area contributed by atoms with Crippen molar-refractivity contribution in [1.29, 1.82) is 0 Å². The SMILES string of the molecule is Cc1nc2n(n1)C[C@H](NCc1ccc(C)o1)CC2. The zero-order chi connectivity index (χ0) is 12.5. The van der Waals surface area contributed by atoms with E-state index in [4.69, 9.17) is 4.42 Å². The second-order valence-electron chi connectivity index (χ2n) is 4.89. The Morgan fingerprint density at radius 3 is 3.11 bits per heavy atom. The number of rotatable bonds is 3. The van der Waals surface area contributed by atoms with Gasteiger partial charge in [-0.15, -0.1) is 0 Å². The molecule has 96 valence electrons. The highest BCUT2D eigenvalue weighted by molar-refractivity contribution is 5.05. The molecule has 0 saturated heterocycles. The molecule has 1 N–H and O–H groups in total. The molecule has 0 amide bonds. The third kappa shape index (κ3) is 2.31. The first kappa shape index (κ1) is 11.5. The fourth-order valence-corrected chi connectivity index (χ4v) is 2.43. The number of aryl methyl sites for hydroxylation is 3. The van der Waals surface area contributed by atoms with Crippen molar-refractivity contribution in [3.63, 3.8) is 0 Å². The van der Waals surface area contributed by atoms with Crippen LogP contribution in [-0.2, 0) is 19.5 Å². The van der Waals surface area contributed by atoms with E-state index in [1.165, 1.54) is 0 Å².